The highest BCUT2D eigenvalue weighted by Crippen LogP contribution is 2.25. The molecule has 1 N–H and O–H groups in total. The van der Waals surface area contributed by atoms with E-state index in [9.17, 15) is 0 Å². The van der Waals surface area contributed by atoms with Crippen molar-refractivity contribution in [3.05, 3.63) is 22.3 Å². The van der Waals surface area contributed by atoms with Gasteiger partial charge in [0.05, 0.1) is 5.69 Å². The summed E-state index contributed by atoms with van der Waals surface area (Å²) in [6.45, 7) is 5.56. The van der Waals surface area contributed by atoms with E-state index >= 15 is 0 Å². The predicted octanol–water partition coefficient (Wildman–Crippen LogP) is 3.12. The zero-order chi connectivity index (χ0) is 13.2. The van der Waals surface area contributed by atoms with Crippen LogP contribution >= 0.6 is 15.9 Å². The van der Waals surface area contributed by atoms with Crippen LogP contribution in [0.25, 0.3) is 0 Å². The number of anilines is 1. The first-order chi connectivity index (χ1) is 9.22. The van der Waals surface area contributed by atoms with E-state index in [1.807, 2.05) is 0 Å². The van der Waals surface area contributed by atoms with E-state index in [2.05, 4.69) is 50.2 Å². The molecule has 3 rings (SSSR count). The number of nitrogens with one attached hydrogen (secondary N) is 1. The Balaban J connectivity index is 1.52. The molecule has 104 valence electrons. The van der Waals surface area contributed by atoms with Gasteiger partial charge < -0.3 is 10.2 Å². The van der Waals surface area contributed by atoms with Gasteiger partial charge in [0.2, 0.25) is 0 Å². The Labute approximate surface area is 123 Å². The molecule has 4 heteroatoms. The zero-order valence-electron chi connectivity index (χ0n) is 11.5. The molecule has 0 aromatic carbocycles. The SMILES string of the molecule is Cc1nc(N2CCC(CNC3CC3)CC2)ccc1Br. The van der Waals surface area contributed by atoms with E-state index in [0.29, 0.717) is 0 Å². The average Bonchev–Trinajstić information content (AvgIpc) is 3.24. The zero-order valence-corrected chi connectivity index (χ0v) is 13.1. The van der Waals surface area contributed by atoms with Crippen LogP contribution < -0.4 is 10.2 Å². The molecular weight excluding hydrogens is 302 g/mol. The smallest absolute Gasteiger partial charge is 0.128 e. The molecule has 2 fully saturated rings. The Morgan fingerprint density at radius 2 is 2.00 bits per heavy atom. The number of aromatic nitrogens is 1. The molecule has 3 nitrogen and oxygen atoms in total. The number of pyridine rings is 1. The number of rotatable bonds is 4. The number of nitrogens with zero attached hydrogens (tertiary/aromatic N) is 2. The van der Waals surface area contributed by atoms with Crippen LogP contribution in [0.15, 0.2) is 16.6 Å². The van der Waals surface area contributed by atoms with Crippen LogP contribution in [0.5, 0.6) is 0 Å². The minimum atomic E-state index is 0.841. The van der Waals surface area contributed by atoms with Crippen LogP contribution in [0.1, 0.15) is 31.4 Å². The largest absolute Gasteiger partial charge is 0.357 e. The minimum absolute atomic E-state index is 0.841. The molecule has 1 aliphatic carbocycles. The maximum absolute atomic E-state index is 4.67. The number of aryl methyl sites for hydroxylation is 1. The third-order valence-electron chi connectivity index (χ3n) is 4.22. The van der Waals surface area contributed by atoms with Gasteiger partial charge in [-0.25, -0.2) is 4.98 Å². The van der Waals surface area contributed by atoms with Crippen LogP contribution in [0.4, 0.5) is 5.82 Å². The lowest BCUT2D eigenvalue weighted by Crippen LogP contribution is -2.38. The van der Waals surface area contributed by atoms with Crippen LogP contribution in [0, 0.1) is 12.8 Å². The highest BCUT2D eigenvalue weighted by Gasteiger charge is 2.24. The molecule has 1 aliphatic heterocycles. The maximum atomic E-state index is 4.67. The normalized spacial score (nSPS) is 20.8. The third-order valence-corrected chi connectivity index (χ3v) is 5.06. The van der Waals surface area contributed by atoms with Gasteiger partial charge in [-0.05, 0) is 73.1 Å². The summed E-state index contributed by atoms with van der Waals surface area (Å²) < 4.78 is 1.10. The van der Waals surface area contributed by atoms with Crippen LogP contribution in [0.2, 0.25) is 0 Å². The second-order valence-electron chi connectivity index (χ2n) is 5.85. The third kappa shape index (κ3) is 3.48. The van der Waals surface area contributed by atoms with Gasteiger partial charge in [0.1, 0.15) is 5.82 Å². The Kier molecular flexibility index (Phi) is 4.08. The Morgan fingerprint density at radius 1 is 1.26 bits per heavy atom. The standard InChI is InChI=1S/C15H22BrN3/c1-11-14(16)4-5-15(18-11)19-8-6-12(7-9-19)10-17-13-2-3-13/h4-5,12-13,17H,2-3,6-10H2,1H3. The first-order valence-electron chi connectivity index (χ1n) is 7.34. The van der Waals surface area contributed by atoms with Crippen LogP contribution in [0.3, 0.4) is 0 Å². The first-order valence-corrected chi connectivity index (χ1v) is 8.13. The van der Waals surface area contributed by atoms with Crippen LogP contribution in [-0.4, -0.2) is 30.7 Å². The summed E-state index contributed by atoms with van der Waals surface area (Å²) in [5.74, 6) is 1.99. The van der Waals surface area contributed by atoms with Gasteiger partial charge in [-0.1, -0.05) is 0 Å². The summed E-state index contributed by atoms with van der Waals surface area (Å²) in [6.07, 6.45) is 5.36. The van der Waals surface area contributed by atoms with E-state index < -0.39 is 0 Å². The molecular formula is C15H22BrN3. The predicted molar refractivity (Wildman–Crippen MR) is 82.6 cm³/mol. The fraction of sp³-hybridized carbons (Fsp3) is 0.667. The fourth-order valence-electron chi connectivity index (χ4n) is 2.69. The lowest BCUT2D eigenvalue weighted by molar-refractivity contribution is 0.381. The van der Waals surface area contributed by atoms with Gasteiger partial charge in [-0.3, -0.25) is 0 Å². The summed E-state index contributed by atoms with van der Waals surface area (Å²) in [5, 5.41) is 3.66. The highest BCUT2D eigenvalue weighted by atomic mass is 79.9. The van der Waals surface area contributed by atoms with Gasteiger partial charge in [0.25, 0.3) is 0 Å². The van der Waals surface area contributed by atoms with E-state index in [4.69, 9.17) is 0 Å². The van der Waals surface area contributed by atoms with Crippen molar-refractivity contribution in [2.75, 3.05) is 24.5 Å². The van der Waals surface area contributed by atoms with E-state index in [1.165, 1.54) is 32.2 Å². The molecule has 1 saturated heterocycles. The highest BCUT2D eigenvalue weighted by molar-refractivity contribution is 9.10. The Bertz CT molecular complexity index is 437. The summed E-state index contributed by atoms with van der Waals surface area (Å²) >= 11 is 3.51. The number of hydrogen-bond acceptors (Lipinski definition) is 3. The lowest BCUT2D eigenvalue weighted by atomic mass is 9.97. The molecule has 2 heterocycles. The fourth-order valence-corrected chi connectivity index (χ4v) is 2.91. The van der Waals surface area contributed by atoms with Crippen molar-refractivity contribution in [3.8, 4) is 0 Å². The van der Waals surface area contributed by atoms with Crippen molar-refractivity contribution in [2.24, 2.45) is 5.92 Å². The lowest BCUT2D eigenvalue weighted by Gasteiger charge is -2.33. The van der Waals surface area contributed by atoms with Crippen molar-refractivity contribution in [2.45, 2.75) is 38.6 Å². The number of halogens is 1. The molecule has 19 heavy (non-hydrogen) atoms. The van der Waals surface area contributed by atoms with Gasteiger partial charge in [0, 0.05) is 23.6 Å². The molecule has 0 radical (unpaired) electrons. The molecule has 0 unspecified atom stereocenters. The Hall–Kier alpha value is -0.610. The van der Waals surface area contributed by atoms with E-state index in [-0.39, 0.29) is 0 Å². The van der Waals surface area contributed by atoms with Gasteiger partial charge in [-0.15, -0.1) is 0 Å². The second kappa shape index (κ2) is 5.80. The van der Waals surface area contributed by atoms with Crippen molar-refractivity contribution in [1.82, 2.24) is 10.3 Å². The van der Waals surface area contributed by atoms with Gasteiger partial charge in [0.15, 0.2) is 0 Å². The monoisotopic (exact) mass is 323 g/mol. The van der Waals surface area contributed by atoms with E-state index in [0.717, 1.165) is 41.0 Å². The van der Waals surface area contributed by atoms with Crippen molar-refractivity contribution in [3.63, 3.8) is 0 Å². The van der Waals surface area contributed by atoms with Crippen molar-refractivity contribution >= 4 is 21.7 Å². The molecule has 1 saturated carbocycles. The molecule has 1 aromatic rings. The van der Waals surface area contributed by atoms with Gasteiger partial charge in [-0.2, -0.15) is 0 Å². The number of hydrogen-bond donors (Lipinski definition) is 1. The summed E-state index contributed by atoms with van der Waals surface area (Å²) in [4.78, 5) is 7.09. The molecule has 0 atom stereocenters. The van der Waals surface area contributed by atoms with E-state index in [1.54, 1.807) is 0 Å². The summed E-state index contributed by atoms with van der Waals surface area (Å²) in [6, 6.07) is 5.08. The van der Waals surface area contributed by atoms with Crippen LogP contribution in [-0.2, 0) is 0 Å². The average molecular weight is 324 g/mol. The second-order valence-corrected chi connectivity index (χ2v) is 6.70. The molecule has 0 amide bonds. The van der Waals surface area contributed by atoms with Crippen molar-refractivity contribution < 1.29 is 0 Å². The summed E-state index contributed by atoms with van der Waals surface area (Å²) in [7, 11) is 0. The molecule has 0 bridgehead atoms. The molecule has 0 spiro atoms. The summed E-state index contributed by atoms with van der Waals surface area (Å²) in [5.41, 5.74) is 1.08. The first kappa shape index (κ1) is 13.4. The topological polar surface area (TPSA) is 28.2 Å². The Morgan fingerprint density at radius 3 is 2.63 bits per heavy atom. The number of piperidine rings is 1. The maximum Gasteiger partial charge on any atom is 0.128 e. The quantitative estimate of drug-likeness (QED) is 0.922. The molecule has 2 aliphatic rings. The van der Waals surface area contributed by atoms with Gasteiger partial charge >= 0.3 is 0 Å². The van der Waals surface area contributed by atoms with Crippen molar-refractivity contribution in [1.29, 1.82) is 0 Å². The molecule has 1 aromatic heterocycles. The minimum Gasteiger partial charge on any atom is -0.357 e.